The van der Waals surface area contributed by atoms with Gasteiger partial charge >= 0.3 is 0 Å². The first-order valence-electron chi connectivity index (χ1n) is 12.0. The molecule has 0 spiro atoms. The first-order chi connectivity index (χ1) is 17.6. The highest BCUT2D eigenvalue weighted by molar-refractivity contribution is 7.22. The molecule has 2 heterocycles. The third-order valence-electron chi connectivity index (χ3n) is 6.53. The average molecular weight is 506 g/mol. The molecule has 0 radical (unpaired) electrons. The van der Waals surface area contributed by atoms with E-state index in [1.54, 1.807) is 31.4 Å². The van der Waals surface area contributed by atoms with Crippen LogP contribution in [-0.2, 0) is 0 Å². The van der Waals surface area contributed by atoms with Crippen molar-refractivity contribution in [2.45, 2.75) is 12.8 Å². The van der Waals surface area contributed by atoms with E-state index in [1.807, 2.05) is 30.3 Å². The van der Waals surface area contributed by atoms with Crippen molar-refractivity contribution in [3.8, 4) is 27.7 Å². The molecule has 0 unspecified atom stereocenters. The van der Waals surface area contributed by atoms with Crippen LogP contribution >= 0.6 is 11.3 Å². The molecule has 1 aliphatic heterocycles. The molecule has 186 valence electrons. The summed E-state index contributed by atoms with van der Waals surface area (Å²) in [5.41, 5.74) is 1.72. The fraction of sp³-hybridized carbons (Fsp3) is 0.276. The fourth-order valence-electron chi connectivity index (χ4n) is 4.59. The summed E-state index contributed by atoms with van der Waals surface area (Å²) in [6.45, 7) is 3.81. The highest BCUT2D eigenvalue weighted by Gasteiger charge is 2.23. The van der Waals surface area contributed by atoms with E-state index in [9.17, 15) is 9.18 Å². The Kier molecular flexibility index (Phi) is 7.20. The van der Waals surface area contributed by atoms with Gasteiger partial charge in [0.05, 0.1) is 14.2 Å². The molecule has 7 heteroatoms. The van der Waals surface area contributed by atoms with Crippen molar-refractivity contribution in [1.82, 2.24) is 4.90 Å². The quantitative estimate of drug-likeness (QED) is 0.245. The summed E-state index contributed by atoms with van der Waals surface area (Å²) in [7, 11) is 3.04. The monoisotopic (exact) mass is 505 g/mol. The van der Waals surface area contributed by atoms with E-state index in [1.165, 1.54) is 37.4 Å². The molecule has 1 aliphatic rings. The van der Waals surface area contributed by atoms with Gasteiger partial charge in [0.1, 0.15) is 18.1 Å². The normalized spacial score (nSPS) is 13.8. The second-order valence-corrected chi connectivity index (χ2v) is 9.82. The minimum absolute atomic E-state index is 0.124. The zero-order valence-corrected chi connectivity index (χ0v) is 21.2. The van der Waals surface area contributed by atoms with Crippen LogP contribution in [0.2, 0.25) is 0 Å². The van der Waals surface area contributed by atoms with Gasteiger partial charge in [0.2, 0.25) is 0 Å². The first-order valence-corrected chi connectivity index (χ1v) is 12.8. The maximum Gasteiger partial charge on any atom is 0.195 e. The number of fused-ring (bicyclic) bond motifs is 1. The van der Waals surface area contributed by atoms with Crippen molar-refractivity contribution in [1.29, 1.82) is 0 Å². The smallest absolute Gasteiger partial charge is 0.195 e. The molecule has 0 saturated carbocycles. The summed E-state index contributed by atoms with van der Waals surface area (Å²) in [4.78, 5) is 16.9. The molecule has 5 rings (SSSR count). The third kappa shape index (κ3) is 4.94. The summed E-state index contributed by atoms with van der Waals surface area (Å²) in [5.74, 6) is 1.00. The van der Waals surface area contributed by atoms with Crippen LogP contribution in [0.5, 0.6) is 17.2 Å². The second-order valence-electron chi connectivity index (χ2n) is 8.77. The second kappa shape index (κ2) is 10.7. The van der Waals surface area contributed by atoms with E-state index in [4.69, 9.17) is 14.2 Å². The number of halogens is 1. The molecule has 4 aromatic rings. The Balaban J connectivity index is 1.45. The molecule has 3 aromatic carbocycles. The van der Waals surface area contributed by atoms with Crippen molar-refractivity contribution >= 4 is 27.2 Å². The van der Waals surface area contributed by atoms with Crippen molar-refractivity contribution in [2.75, 3.05) is 40.5 Å². The maximum atomic E-state index is 14.6. The average Bonchev–Trinajstić information content (AvgIpc) is 3.56. The molecule has 36 heavy (non-hydrogen) atoms. The predicted molar refractivity (Wildman–Crippen MR) is 141 cm³/mol. The molecular formula is C29H28FNO4S. The van der Waals surface area contributed by atoms with Crippen LogP contribution in [-0.4, -0.2) is 51.1 Å². The molecule has 1 aromatic heterocycles. The lowest BCUT2D eigenvalue weighted by molar-refractivity contribution is 0.104. The topological polar surface area (TPSA) is 48.0 Å². The van der Waals surface area contributed by atoms with Crippen LogP contribution < -0.4 is 14.2 Å². The standard InChI is InChI=1S/C29H28FNO4S/c1-33-22-10-11-23-26(18-22)36-29(20-7-12-25(34-2)24(30)17-20)27(23)28(32)19-5-8-21(9-6-19)35-16-15-31-13-3-4-14-31/h5-12,17-18H,3-4,13-16H2,1-2H3. The fourth-order valence-corrected chi connectivity index (χ4v) is 5.81. The molecule has 5 nitrogen and oxygen atoms in total. The lowest BCUT2D eigenvalue weighted by Gasteiger charge is -2.15. The first kappa shape index (κ1) is 24.3. The minimum Gasteiger partial charge on any atom is -0.497 e. The number of carbonyl (C=O) groups is 1. The van der Waals surface area contributed by atoms with Gasteiger partial charge in [-0.05, 0) is 92.2 Å². The molecule has 0 bridgehead atoms. The van der Waals surface area contributed by atoms with Crippen LogP contribution in [0.25, 0.3) is 20.5 Å². The molecule has 0 atom stereocenters. The molecule has 0 N–H and O–H groups in total. The van der Waals surface area contributed by atoms with Crippen molar-refractivity contribution in [2.24, 2.45) is 0 Å². The Labute approximate surface area is 214 Å². The largest absolute Gasteiger partial charge is 0.497 e. The van der Waals surface area contributed by atoms with E-state index in [-0.39, 0.29) is 11.5 Å². The summed E-state index contributed by atoms with van der Waals surface area (Å²) >= 11 is 1.44. The summed E-state index contributed by atoms with van der Waals surface area (Å²) in [6, 6.07) is 17.6. The van der Waals surface area contributed by atoms with Crippen LogP contribution in [0.4, 0.5) is 4.39 Å². The van der Waals surface area contributed by atoms with E-state index < -0.39 is 5.82 Å². The number of ether oxygens (including phenoxy) is 3. The summed E-state index contributed by atoms with van der Waals surface area (Å²) in [6.07, 6.45) is 2.51. The van der Waals surface area contributed by atoms with Gasteiger partial charge in [-0.3, -0.25) is 9.69 Å². The van der Waals surface area contributed by atoms with Gasteiger partial charge in [0.15, 0.2) is 17.3 Å². The van der Waals surface area contributed by atoms with Gasteiger partial charge in [-0.2, -0.15) is 0 Å². The van der Waals surface area contributed by atoms with Gasteiger partial charge < -0.3 is 14.2 Å². The number of rotatable bonds is 9. The van der Waals surface area contributed by atoms with Gasteiger partial charge in [0, 0.05) is 32.6 Å². The Morgan fingerprint density at radius 2 is 1.69 bits per heavy atom. The SMILES string of the molecule is COc1ccc2c(C(=O)c3ccc(OCCN4CCCC4)cc3)c(-c3ccc(OC)c(F)c3)sc2c1. The Morgan fingerprint density at radius 1 is 0.944 bits per heavy atom. The molecule has 1 saturated heterocycles. The Hall–Kier alpha value is -3.42. The van der Waals surface area contributed by atoms with Crippen LogP contribution in [0.1, 0.15) is 28.8 Å². The lowest BCUT2D eigenvalue weighted by Crippen LogP contribution is -2.25. The highest BCUT2D eigenvalue weighted by Crippen LogP contribution is 2.42. The zero-order chi connectivity index (χ0) is 25.1. The number of ketones is 1. The number of likely N-dealkylation sites (tertiary alicyclic amines) is 1. The molecule has 0 aliphatic carbocycles. The van der Waals surface area contributed by atoms with Gasteiger partial charge in [-0.25, -0.2) is 4.39 Å². The summed E-state index contributed by atoms with van der Waals surface area (Å²) < 4.78 is 31.8. The van der Waals surface area contributed by atoms with Crippen LogP contribution in [0.3, 0.4) is 0 Å². The zero-order valence-electron chi connectivity index (χ0n) is 20.4. The maximum absolute atomic E-state index is 14.6. The number of hydrogen-bond acceptors (Lipinski definition) is 6. The number of thiophene rings is 1. The Bertz CT molecular complexity index is 1380. The number of benzene rings is 3. The van der Waals surface area contributed by atoms with Crippen molar-refractivity contribution < 1.29 is 23.4 Å². The Morgan fingerprint density at radius 3 is 2.39 bits per heavy atom. The van der Waals surface area contributed by atoms with Gasteiger partial charge in [0.25, 0.3) is 0 Å². The molecule has 1 fully saturated rings. The van der Waals surface area contributed by atoms with Gasteiger partial charge in [-0.15, -0.1) is 11.3 Å². The minimum atomic E-state index is -0.473. The highest BCUT2D eigenvalue weighted by atomic mass is 32.1. The molecular weight excluding hydrogens is 477 g/mol. The number of nitrogens with zero attached hydrogens (tertiary/aromatic N) is 1. The molecule has 0 amide bonds. The predicted octanol–water partition coefficient (Wildman–Crippen LogP) is 6.43. The third-order valence-corrected chi connectivity index (χ3v) is 7.73. The number of carbonyl (C=O) groups excluding carboxylic acids is 1. The lowest BCUT2D eigenvalue weighted by atomic mass is 9.97. The van der Waals surface area contributed by atoms with Crippen molar-refractivity contribution in [3.63, 3.8) is 0 Å². The van der Waals surface area contributed by atoms with E-state index in [0.717, 1.165) is 35.5 Å². The van der Waals surface area contributed by atoms with E-state index in [0.29, 0.717) is 33.9 Å². The van der Waals surface area contributed by atoms with E-state index >= 15 is 0 Å². The van der Waals surface area contributed by atoms with Crippen LogP contribution in [0, 0.1) is 5.82 Å². The number of methoxy groups -OCH3 is 2. The number of hydrogen-bond donors (Lipinski definition) is 0. The van der Waals surface area contributed by atoms with E-state index in [2.05, 4.69) is 4.90 Å². The van der Waals surface area contributed by atoms with Crippen LogP contribution in [0.15, 0.2) is 60.7 Å². The van der Waals surface area contributed by atoms with Gasteiger partial charge in [-0.1, -0.05) is 0 Å². The van der Waals surface area contributed by atoms with Crippen molar-refractivity contribution in [3.05, 3.63) is 77.6 Å². The summed E-state index contributed by atoms with van der Waals surface area (Å²) in [5, 5.41) is 0.808.